The number of aromatic amines is 1. The number of amides is 2. The SMILES string of the molecule is CCC(C)C=C[C@@H](O)[C@H](O)[C@@H](O)[C@@H](OC)C(=O)NC1CCCCN(Cc2ccc3[nH]nc(N)c3c2)C1=O. The second kappa shape index (κ2) is 13.0. The maximum absolute atomic E-state index is 13.3. The highest BCUT2D eigenvalue weighted by Gasteiger charge is 2.37. The lowest BCUT2D eigenvalue weighted by Gasteiger charge is -2.29. The molecule has 37 heavy (non-hydrogen) atoms. The molecule has 2 unspecified atom stereocenters. The van der Waals surface area contributed by atoms with Gasteiger partial charge in [-0.3, -0.25) is 14.7 Å². The normalized spacial score (nSPS) is 21.0. The summed E-state index contributed by atoms with van der Waals surface area (Å²) in [6.07, 6.45) is -0.292. The van der Waals surface area contributed by atoms with Crippen molar-refractivity contribution in [3.63, 3.8) is 0 Å². The van der Waals surface area contributed by atoms with Crippen LogP contribution in [0.5, 0.6) is 0 Å². The van der Waals surface area contributed by atoms with Crippen LogP contribution in [-0.2, 0) is 20.9 Å². The zero-order valence-corrected chi connectivity index (χ0v) is 21.6. The van der Waals surface area contributed by atoms with Gasteiger partial charge >= 0.3 is 0 Å². The van der Waals surface area contributed by atoms with Crippen molar-refractivity contribution in [1.82, 2.24) is 20.4 Å². The van der Waals surface area contributed by atoms with Gasteiger partial charge in [-0.15, -0.1) is 0 Å². The molecule has 0 saturated carbocycles. The predicted molar refractivity (Wildman–Crippen MR) is 139 cm³/mol. The molecule has 0 bridgehead atoms. The monoisotopic (exact) mass is 517 g/mol. The maximum atomic E-state index is 13.3. The van der Waals surface area contributed by atoms with Gasteiger partial charge in [0.05, 0.1) is 5.52 Å². The summed E-state index contributed by atoms with van der Waals surface area (Å²) in [6.45, 7) is 4.82. The van der Waals surface area contributed by atoms with E-state index in [-0.39, 0.29) is 11.8 Å². The van der Waals surface area contributed by atoms with Gasteiger partial charge in [-0.25, -0.2) is 0 Å². The van der Waals surface area contributed by atoms with E-state index >= 15 is 0 Å². The van der Waals surface area contributed by atoms with Gasteiger partial charge in [-0.2, -0.15) is 5.10 Å². The van der Waals surface area contributed by atoms with Gasteiger partial charge in [-0.1, -0.05) is 38.5 Å². The van der Waals surface area contributed by atoms with Crippen molar-refractivity contribution in [2.24, 2.45) is 5.92 Å². The lowest BCUT2D eigenvalue weighted by Crippen LogP contribution is -2.55. The largest absolute Gasteiger partial charge is 0.387 e. The average molecular weight is 518 g/mol. The number of carbonyl (C=O) groups excluding carboxylic acids is 2. The molecule has 0 aliphatic carbocycles. The minimum atomic E-state index is -1.70. The highest BCUT2D eigenvalue weighted by Crippen LogP contribution is 2.22. The molecule has 0 spiro atoms. The Bertz CT molecular complexity index is 1090. The van der Waals surface area contributed by atoms with Crippen LogP contribution in [0.1, 0.15) is 45.1 Å². The fourth-order valence-electron chi connectivity index (χ4n) is 4.39. The number of hydrogen-bond acceptors (Lipinski definition) is 8. The number of benzene rings is 1. The molecule has 7 N–H and O–H groups in total. The molecule has 2 aromatic rings. The summed E-state index contributed by atoms with van der Waals surface area (Å²) in [6, 6.07) is 4.83. The number of carbonyl (C=O) groups is 2. The fourth-order valence-corrected chi connectivity index (χ4v) is 4.39. The molecule has 0 radical (unpaired) electrons. The quantitative estimate of drug-likeness (QED) is 0.238. The molecular formula is C26H39N5O6. The number of nitrogens with one attached hydrogen (secondary N) is 2. The maximum Gasteiger partial charge on any atom is 0.252 e. The van der Waals surface area contributed by atoms with E-state index in [4.69, 9.17) is 10.5 Å². The summed E-state index contributed by atoms with van der Waals surface area (Å²) in [7, 11) is 1.22. The summed E-state index contributed by atoms with van der Waals surface area (Å²) >= 11 is 0. The first kappa shape index (κ1) is 28.6. The van der Waals surface area contributed by atoms with E-state index in [1.807, 2.05) is 32.0 Å². The molecule has 11 heteroatoms. The Labute approximate surface area is 216 Å². The van der Waals surface area contributed by atoms with E-state index in [2.05, 4.69) is 15.5 Å². The number of allylic oxidation sites excluding steroid dienone is 1. The standard InChI is InChI=1S/C26H39N5O6/c1-4-15(2)8-11-20(32)21(33)22(34)23(37-3)25(35)28-19-7-5-6-12-31(26(19)36)14-16-9-10-18-17(13-16)24(27)30-29-18/h8-11,13,15,19-23,32-34H,4-7,12,14H2,1-3H3,(H,28,35)(H3,27,29,30)/t15?,19?,20-,21+,22-,23-/m1/s1. The lowest BCUT2D eigenvalue weighted by molar-refractivity contribution is -0.151. The van der Waals surface area contributed by atoms with Crippen molar-refractivity contribution < 1.29 is 29.6 Å². The number of aliphatic hydroxyl groups is 3. The van der Waals surface area contributed by atoms with Crippen molar-refractivity contribution >= 4 is 28.5 Å². The van der Waals surface area contributed by atoms with E-state index in [1.165, 1.54) is 13.2 Å². The second-order valence-corrected chi connectivity index (χ2v) is 9.70. The Morgan fingerprint density at radius 3 is 2.76 bits per heavy atom. The van der Waals surface area contributed by atoms with E-state index in [1.54, 1.807) is 11.0 Å². The van der Waals surface area contributed by atoms with Crippen LogP contribution in [0.15, 0.2) is 30.4 Å². The topological polar surface area (TPSA) is 174 Å². The number of hydrogen-bond donors (Lipinski definition) is 6. The Kier molecular flexibility index (Phi) is 10.0. The minimum Gasteiger partial charge on any atom is -0.387 e. The number of rotatable bonds is 11. The number of ether oxygens (including phenoxy) is 1. The molecule has 1 aliphatic rings. The first-order chi connectivity index (χ1) is 17.7. The number of fused-ring (bicyclic) bond motifs is 1. The van der Waals surface area contributed by atoms with Crippen molar-refractivity contribution in [1.29, 1.82) is 0 Å². The number of nitrogens with two attached hydrogens (primary N) is 1. The van der Waals surface area contributed by atoms with Gasteiger partial charge in [0.2, 0.25) is 5.91 Å². The van der Waals surface area contributed by atoms with Crippen LogP contribution in [0.3, 0.4) is 0 Å². The molecule has 1 aromatic carbocycles. The second-order valence-electron chi connectivity index (χ2n) is 9.70. The number of aliphatic hydroxyl groups excluding tert-OH is 3. The molecular weight excluding hydrogens is 478 g/mol. The van der Waals surface area contributed by atoms with Crippen LogP contribution in [0.25, 0.3) is 10.9 Å². The summed E-state index contributed by atoms with van der Waals surface area (Å²) in [4.78, 5) is 28.0. The average Bonchev–Trinajstić information content (AvgIpc) is 3.18. The number of nitrogens with zero attached hydrogens (tertiary/aromatic N) is 2. The summed E-state index contributed by atoms with van der Waals surface area (Å²) < 4.78 is 5.16. The third kappa shape index (κ3) is 7.07. The zero-order valence-electron chi connectivity index (χ0n) is 21.6. The van der Waals surface area contributed by atoms with Crippen molar-refractivity contribution in [2.75, 3.05) is 19.4 Å². The molecule has 6 atom stereocenters. The van der Waals surface area contributed by atoms with Gasteiger partial charge in [0.15, 0.2) is 11.9 Å². The van der Waals surface area contributed by atoms with Gasteiger partial charge in [0.1, 0.15) is 24.4 Å². The van der Waals surface area contributed by atoms with Crippen LogP contribution in [0.2, 0.25) is 0 Å². The Morgan fingerprint density at radius 1 is 1.30 bits per heavy atom. The Morgan fingerprint density at radius 2 is 2.05 bits per heavy atom. The van der Waals surface area contributed by atoms with Gasteiger partial charge < -0.3 is 36.0 Å². The fraction of sp³-hybridized carbons (Fsp3) is 0.577. The lowest BCUT2D eigenvalue weighted by atomic mass is 9.99. The molecule has 11 nitrogen and oxygen atoms in total. The summed E-state index contributed by atoms with van der Waals surface area (Å²) in [5.74, 6) is -0.410. The number of anilines is 1. The van der Waals surface area contributed by atoms with Gasteiger partial charge in [0.25, 0.3) is 5.91 Å². The number of H-pyrrole nitrogens is 1. The molecule has 2 heterocycles. The zero-order chi connectivity index (χ0) is 27.1. The van der Waals surface area contributed by atoms with Crippen molar-refractivity contribution in [2.45, 2.75) is 76.5 Å². The molecule has 1 saturated heterocycles. The Hall–Kier alpha value is -2.99. The highest BCUT2D eigenvalue weighted by molar-refractivity contribution is 5.91. The summed E-state index contributed by atoms with van der Waals surface area (Å²) in [5.41, 5.74) is 7.60. The van der Waals surface area contributed by atoms with E-state index in [0.29, 0.717) is 25.3 Å². The van der Waals surface area contributed by atoms with Gasteiger partial charge in [-0.05, 0) is 42.9 Å². The van der Waals surface area contributed by atoms with Crippen LogP contribution in [0.4, 0.5) is 5.82 Å². The van der Waals surface area contributed by atoms with E-state index in [9.17, 15) is 24.9 Å². The first-order valence-corrected chi connectivity index (χ1v) is 12.7. The number of methoxy groups -OCH3 is 1. The molecule has 1 fully saturated rings. The molecule has 2 amide bonds. The molecule has 1 aromatic heterocycles. The molecule has 204 valence electrons. The highest BCUT2D eigenvalue weighted by atomic mass is 16.5. The van der Waals surface area contributed by atoms with Crippen molar-refractivity contribution in [3.8, 4) is 0 Å². The number of likely N-dealkylation sites (tertiary alicyclic amines) is 1. The molecule has 3 rings (SSSR count). The predicted octanol–water partition coefficient (Wildman–Crippen LogP) is 0.842. The third-order valence-corrected chi connectivity index (χ3v) is 6.93. The van der Waals surface area contributed by atoms with Crippen molar-refractivity contribution in [3.05, 3.63) is 35.9 Å². The Balaban J connectivity index is 1.66. The number of aromatic nitrogens is 2. The molecule has 1 aliphatic heterocycles. The van der Waals surface area contributed by atoms with Crippen LogP contribution >= 0.6 is 0 Å². The van der Waals surface area contributed by atoms with Crippen LogP contribution < -0.4 is 11.1 Å². The number of nitrogen functional groups attached to an aromatic ring is 1. The van der Waals surface area contributed by atoms with Crippen LogP contribution in [-0.4, -0.2) is 86.3 Å². The van der Waals surface area contributed by atoms with E-state index in [0.717, 1.165) is 35.7 Å². The van der Waals surface area contributed by atoms with Gasteiger partial charge in [0, 0.05) is 25.6 Å². The third-order valence-electron chi connectivity index (χ3n) is 6.93. The summed E-state index contributed by atoms with van der Waals surface area (Å²) in [5, 5.41) is 41.5. The van der Waals surface area contributed by atoms with Crippen LogP contribution in [0, 0.1) is 5.92 Å². The van der Waals surface area contributed by atoms with E-state index < -0.39 is 36.4 Å². The first-order valence-electron chi connectivity index (χ1n) is 12.7. The smallest absolute Gasteiger partial charge is 0.252 e. The minimum absolute atomic E-state index is 0.184.